The predicted molar refractivity (Wildman–Crippen MR) is 118 cm³/mol. The van der Waals surface area contributed by atoms with Crippen molar-refractivity contribution in [1.82, 2.24) is 9.88 Å². The Bertz CT molecular complexity index is 1130. The molecule has 0 bridgehead atoms. The van der Waals surface area contributed by atoms with Gasteiger partial charge in [0.1, 0.15) is 11.7 Å². The second-order valence-electron chi connectivity index (χ2n) is 8.78. The summed E-state index contributed by atoms with van der Waals surface area (Å²) in [4.78, 5) is 19.1. The molecule has 6 heteroatoms. The van der Waals surface area contributed by atoms with Crippen molar-refractivity contribution in [3.63, 3.8) is 0 Å². The molecule has 5 rings (SSSR count). The van der Waals surface area contributed by atoms with Crippen molar-refractivity contribution in [2.24, 2.45) is 0 Å². The highest BCUT2D eigenvalue weighted by Crippen LogP contribution is 2.41. The predicted octanol–water partition coefficient (Wildman–Crippen LogP) is 4.01. The van der Waals surface area contributed by atoms with Crippen LogP contribution in [-0.2, 0) is 11.2 Å². The number of amides is 1. The molecule has 0 spiro atoms. The van der Waals surface area contributed by atoms with Crippen LogP contribution in [0.15, 0.2) is 54.6 Å². The Labute approximate surface area is 181 Å². The molecule has 1 fully saturated rings. The van der Waals surface area contributed by atoms with E-state index in [1.807, 2.05) is 54.6 Å². The van der Waals surface area contributed by atoms with E-state index in [-0.39, 0.29) is 24.2 Å². The average Bonchev–Trinajstić information content (AvgIpc) is 3.34. The maximum absolute atomic E-state index is 12.7. The zero-order valence-electron chi connectivity index (χ0n) is 17.8. The Kier molecular flexibility index (Phi) is 4.93. The topological polar surface area (TPSA) is 60.9 Å². The molecular formula is C25H26N2O4. The van der Waals surface area contributed by atoms with Gasteiger partial charge in [0.05, 0.1) is 12.1 Å². The molecule has 6 nitrogen and oxygen atoms in total. The molecule has 160 valence electrons. The van der Waals surface area contributed by atoms with Gasteiger partial charge in [-0.2, -0.15) is 0 Å². The second-order valence-corrected chi connectivity index (χ2v) is 8.78. The summed E-state index contributed by atoms with van der Waals surface area (Å²) >= 11 is 0. The number of nitrogens with zero attached hydrogens (tertiary/aromatic N) is 2. The SMILES string of the molecule is CC1(C)Cc2cccc(OCC(=O)N3CCC(Oc4ccc5ccccc5n4)C3)c2O1. The zero-order valence-corrected chi connectivity index (χ0v) is 17.8. The van der Waals surface area contributed by atoms with Crippen LogP contribution >= 0.6 is 0 Å². The minimum atomic E-state index is -0.248. The third-order valence-corrected chi connectivity index (χ3v) is 5.76. The van der Waals surface area contributed by atoms with Gasteiger partial charge in [0.25, 0.3) is 5.91 Å². The number of benzene rings is 2. The summed E-state index contributed by atoms with van der Waals surface area (Å²) in [6, 6.07) is 17.7. The monoisotopic (exact) mass is 418 g/mol. The number of fused-ring (bicyclic) bond motifs is 2. The smallest absolute Gasteiger partial charge is 0.260 e. The minimum absolute atomic E-state index is 0.0127. The minimum Gasteiger partial charge on any atom is -0.483 e. The lowest BCUT2D eigenvalue weighted by molar-refractivity contribution is -0.132. The molecule has 1 amide bonds. The van der Waals surface area contributed by atoms with Crippen molar-refractivity contribution in [2.45, 2.75) is 38.4 Å². The molecule has 2 aliphatic heterocycles. The molecule has 1 unspecified atom stereocenters. The maximum atomic E-state index is 12.7. The van der Waals surface area contributed by atoms with Crippen LogP contribution in [0, 0.1) is 0 Å². The van der Waals surface area contributed by atoms with E-state index in [4.69, 9.17) is 14.2 Å². The number of carbonyl (C=O) groups excluding carboxylic acids is 1. The number of pyridine rings is 1. The van der Waals surface area contributed by atoms with Gasteiger partial charge in [0.2, 0.25) is 5.88 Å². The largest absolute Gasteiger partial charge is 0.483 e. The van der Waals surface area contributed by atoms with Crippen molar-refractivity contribution in [3.05, 3.63) is 60.2 Å². The molecule has 31 heavy (non-hydrogen) atoms. The van der Waals surface area contributed by atoms with Crippen molar-refractivity contribution in [2.75, 3.05) is 19.7 Å². The fourth-order valence-corrected chi connectivity index (χ4v) is 4.27. The van der Waals surface area contributed by atoms with Crippen LogP contribution in [-0.4, -0.2) is 47.2 Å². The van der Waals surface area contributed by atoms with E-state index in [2.05, 4.69) is 18.8 Å². The highest BCUT2D eigenvalue weighted by Gasteiger charge is 2.33. The number of hydrogen-bond acceptors (Lipinski definition) is 5. The molecule has 0 saturated carbocycles. The van der Waals surface area contributed by atoms with Gasteiger partial charge in [-0.3, -0.25) is 4.79 Å². The van der Waals surface area contributed by atoms with Crippen LogP contribution in [0.5, 0.6) is 17.4 Å². The number of aromatic nitrogens is 1. The molecule has 1 saturated heterocycles. The Hall–Kier alpha value is -3.28. The van der Waals surface area contributed by atoms with Gasteiger partial charge in [-0.1, -0.05) is 30.3 Å². The van der Waals surface area contributed by atoms with Gasteiger partial charge < -0.3 is 19.1 Å². The summed E-state index contributed by atoms with van der Waals surface area (Å²) in [5, 5.41) is 1.08. The van der Waals surface area contributed by atoms with Gasteiger partial charge in [0, 0.05) is 36.4 Å². The number of carbonyl (C=O) groups is 1. The fraction of sp³-hybridized carbons (Fsp3) is 0.360. The molecular weight excluding hydrogens is 392 g/mol. The Morgan fingerprint density at radius 2 is 2.03 bits per heavy atom. The molecule has 2 aliphatic rings. The number of para-hydroxylation sites is 2. The Balaban J connectivity index is 1.17. The summed E-state index contributed by atoms with van der Waals surface area (Å²) < 4.78 is 17.9. The van der Waals surface area contributed by atoms with Crippen LogP contribution in [0.25, 0.3) is 10.9 Å². The van der Waals surface area contributed by atoms with Crippen LogP contribution in [0.1, 0.15) is 25.8 Å². The van der Waals surface area contributed by atoms with Gasteiger partial charge in [0.15, 0.2) is 18.1 Å². The van der Waals surface area contributed by atoms with Crippen LogP contribution in [0.2, 0.25) is 0 Å². The number of ether oxygens (including phenoxy) is 3. The van der Waals surface area contributed by atoms with Crippen molar-refractivity contribution in [3.8, 4) is 17.4 Å². The summed E-state index contributed by atoms with van der Waals surface area (Å²) in [7, 11) is 0. The molecule has 1 aromatic heterocycles. The van der Waals surface area contributed by atoms with Gasteiger partial charge in [-0.15, -0.1) is 0 Å². The molecule has 0 aliphatic carbocycles. The van der Waals surface area contributed by atoms with E-state index >= 15 is 0 Å². The van der Waals surface area contributed by atoms with E-state index in [0.717, 1.165) is 35.1 Å². The first-order valence-corrected chi connectivity index (χ1v) is 10.7. The first kappa shape index (κ1) is 19.7. The van der Waals surface area contributed by atoms with Gasteiger partial charge in [-0.05, 0) is 32.0 Å². The van der Waals surface area contributed by atoms with E-state index in [0.29, 0.717) is 24.7 Å². The highest BCUT2D eigenvalue weighted by atomic mass is 16.5. The standard InChI is InChI=1S/C25H26N2O4/c1-25(2)14-18-7-5-9-21(24(18)31-25)29-16-23(28)27-13-12-19(15-27)30-22-11-10-17-6-3-4-8-20(17)26-22/h3-11,19H,12-16H2,1-2H3. The number of rotatable bonds is 5. The van der Waals surface area contributed by atoms with E-state index in [9.17, 15) is 4.79 Å². The fourth-order valence-electron chi connectivity index (χ4n) is 4.27. The Morgan fingerprint density at radius 3 is 2.94 bits per heavy atom. The number of hydrogen-bond donors (Lipinski definition) is 0. The molecule has 0 radical (unpaired) electrons. The lowest BCUT2D eigenvalue weighted by Crippen LogP contribution is -2.34. The lowest BCUT2D eigenvalue weighted by Gasteiger charge is -2.19. The summed E-state index contributed by atoms with van der Waals surface area (Å²) in [5.41, 5.74) is 1.77. The second kappa shape index (κ2) is 7.76. The normalized spacial score (nSPS) is 19.2. The quantitative estimate of drug-likeness (QED) is 0.627. The first-order chi connectivity index (χ1) is 15.0. The third-order valence-electron chi connectivity index (χ3n) is 5.76. The van der Waals surface area contributed by atoms with Crippen LogP contribution in [0.3, 0.4) is 0 Å². The summed E-state index contributed by atoms with van der Waals surface area (Å²) in [6.07, 6.45) is 1.54. The molecule has 2 aromatic carbocycles. The first-order valence-electron chi connectivity index (χ1n) is 10.7. The van der Waals surface area contributed by atoms with Crippen molar-refractivity contribution >= 4 is 16.8 Å². The molecule has 1 atom stereocenters. The van der Waals surface area contributed by atoms with Gasteiger partial charge in [-0.25, -0.2) is 4.98 Å². The maximum Gasteiger partial charge on any atom is 0.260 e. The Morgan fingerprint density at radius 1 is 1.16 bits per heavy atom. The van der Waals surface area contributed by atoms with Crippen molar-refractivity contribution < 1.29 is 19.0 Å². The van der Waals surface area contributed by atoms with Gasteiger partial charge >= 0.3 is 0 Å². The third kappa shape index (κ3) is 4.15. The van der Waals surface area contributed by atoms with E-state index in [1.165, 1.54) is 0 Å². The van der Waals surface area contributed by atoms with Crippen molar-refractivity contribution in [1.29, 1.82) is 0 Å². The highest BCUT2D eigenvalue weighted by molar-refractivity contribution is 5.79. The number of likely N-dealkylation sites (tertiary alicyclic amines) is 1. The summed E-state index contributed by atoms with van der Waals surface area (Å²) in [6.45, 7) is 5.28. The summed E-state index contributed by atoms with van der Waals surface area (Å²) in [5.74, 6) is 1.93. The van der Waals surface area contributed by atoms with E-state index in [1.54, 1.807) is 4.90 Å². The van der Waals surface area contributed by atoms with Crippen LogP contribution in [0.4, 0.5) is 0 Å². The molecule has 0 N–H and O–H groups in total. The molecule has 3 heterocycles. The van der Waals surface area contributed by atoms with Crippen LogP contribution < -0.4 is 14.2 Å². The van der Waals surface area contributed by atoms with E-state index < -0.39 is 0 Å². The average molecular weight is 418 g/mol. The zero-order chi connectivity index (χ0) is 21.4. The molecule has 3 aromatic rings. The lowest BCUT2D eigenvalue weighted by atomic mass is 10.0.